The zero-order chi connectivity index (χ0) is 15.1. The van der Waals surface area contributed by atoms with Gasteiger partial charge < -0.3 is 11.1 Å². The molecule has 3 N–H and O–H groups in total. The molecule has 0 spiro atoms. The van der Waals surface area contributed by atoms with E-state index >= 15 is 0 Å². The van der Waals surface area contributed by atoms with Crippen molar-refractivity contribution in [3.63, 3.8) is 0 Å². The molecule has 0 saturated carbocycles. The first-order chi connectivity index (χ1) is 9.43. The largest absolute Gasteiger partial charge is 0.350 e. The number of benzene rings is 1. The summed E-state index contributed by atoms with van der Waals surface area (Å²) in [5.74, 6) is -0.134. The monoisotopic (exact) mass is 279 g/mol. The summed E-state index contributed by atoms with van der Waals surface area (Å²) < 4.78 is 0. The summed E-state index contributed by atoms with van der Waals surface area (Å²) in [6, 6.07) is 5.84. The molecule has 110 valence electrons. The Kier molecular flexibility index (Phi) is 6.11. The van der Waals surface area contributed by atoms with Crippen molar-refractivity contribution in [2.75, 3.05) is 0 Å². The van der Waals surface area contributed by atoms with Crippen molar-refractivity contribution in [2.45, 2.75) is 45.2 Å². The Morgan fingerprint density at radius 1 is 1.50 bits per heavy atom. The van der Waals surface area contributed by atoms with E-state index in [0.29, 0.717) is 5.56 Å². The van der Waals surface area contributed by atoms with Crippen LogP contribution in [0.4, 0.5) is 5.69 Å². The second-order valence-corrected chi connectivity index (χ2v) is 4.89. The predicted molar refractivity (Wildman–Crippen MR) is 77.2 cm³/mol. The van der Waals surface area contributed by atoms with Gasteiger partial charge in [0.05, 0.1) is 11.0 Å². The first kappa shape index (κ1) is 16.1. The minimum Gasteiger partial charge on any atom is -0.350 e. The van der Waals surface area contributed by atoms with Gasteiger partial charge >= 0.3 is 0 Å². The lowest BCUT2D eigenvalue weighted by Gasteiger charge is -2.16. The molecule has 1 amide bonds. The molecule has 0 aliphatic carbocycles. The van der Waals surface area contributed by atoms with Crippen LogP contribution >= 0.6 is 0 Å². The Bertz CT molecular complexity index is 476. The first-order valence-corrected chi connectivity index (χ1v) is 6.73. The van der Waals surface area contributed by atoms with Gasteiger partial charge in [0.2, 0.25) is 5.91 Å². The maximum atomic E-state index is 11.8. The third-order valence-electron chi connectivity index (χ3n) is 3.07. The number of nitrogens with two attached hydrogens (primary N) is 1. The molecular formula is C14H21N3O3. The molecule has 0 bridgehead atoms. The molecule has 2 unspecified atom stereocenters. The Hall–Kier alpha value is -1.95. The molecule has 6 heteroatoms. The Morgan fingerprint density at radius 3 is 2.80 bits per heavy atom. The van der Waals surface area contributed by atoms with Gasteiger partial charge in [0, 0.05) is 24.6 Å². The van der Waals surface area contributed by atoms with Gasteiger partial charge in [-0.25, -0.2) is 0 Å². The number of rotatable bonds is 7. The van der Waals surface area contributed by atoms with Crippen molar-refractivity contribution in [3.8, 4) is 0 Å². The number of nitro groups is 1. The van der Waals surface area contributed by atoms with Crippen molar-refractivity contribution in [2.24, 2.45) is 5.73 Å². The van der Waals surface area contributed by atoms with E-state index in [2.05, 4.69) is 5.32 Å². The zero-order valence-electron chi connectivity index (χ0n) is 11.8. The zero-order valence-corrected chi connectivity index (χ0v) is 11.8. The van der Waals surface area contributed by atoms with E-state index in [-0.39, 0.29) is 30.1 Å². The molecule has 0 radical (unpaired) electrons. The van der Waals surface area contributed by atoms with Crippen molar-refractivity contribution in [1.29, 1.82) is 0 Å². The van der Waals surface area contributed by atoms with Crippen LogP contribution in [0.1, 0.15) is 44.7 Å². The maximum Gasteiger partial charge on any atom is 0.269 e. The highest BCUT2D eigenvalue weighted by atomic mass is 16.6. The van der Waals surface area contributed by atoms with Gasteiger partial charge in [-0.2, -0.15) is 0 Å². The van der Waals surface area contributed by atoms with Crippen molar-refractivity contribution in [1.82, 2.24) is 5.32 Å². The van der Waals surface area contributed by atoms with Crippen LogP contribution in [-0.2, 0) is 4.79 Å². The topological polar surface area (TPSA) is 98.3 Å². The third-order valence-corrected chi connectivity index (χ3v) is 3.07. The van der Waals surface area contributed by atoms with Crippen molar-refractivity contribution >= 4 is 11.6 Å². The molecule has 0 aromatic heterocycles. The van der Waals surface area contributed by atoms with Gasteiger partial charge in [0.25, 0.3) is 5.69 Å². The minimum atomic E-state index is -0.449. The highest BCUT2D eigenvalue weighted by Gasteiger charge is 2.14. The highest BCUT2D eigenvalue weighted by Crippen LogP contribution is 2.19. The molecule has 1 aromatic carbocycles. The predicted octanol–water partition coefficient (Wildman–Crippen LogP) is 2.29. The summed E-state index contributed by atoms with van der Waals surface area (Å²) >= 11 is 0. The Balaban J connectivity index is 2.62. The fourth-order valence-electron chi connectivity index (χ4n) is 2.00. The number of nitro benzene ring substituents is 1. The second kappa shape index (κ2) is 7.59. The number of carbonyl (C=O) groups is 1. The number of nitrogens with one attached hydrogen (secondary N) is 1. The fraction of sp³-hybridized carbons (Fsp3) is 0.500. The van der Waals surface area contributed by atoms with Gasteiger partial charge in [-0.1, -0.05) is 25.5 Å². The van der Waals surface area contributed by atoms with Crippen LogP contribution in [-0.4, -0.2) is 16.9 Å². The third kappa shape index (κ3) is 4.97. The van der Waals surface area contributed by atoms with Crippen LogP contribution in [0, 0.1) is 10.1 Å². The van der Waals surface area contributed by atoms with Crippen LogP contribution < -0.4 is 11.1 Å². The van der Waals surface area contributed by atoms with Crippen LogP contribution in [0.2, 0.25) is 0 Å². The molecule has 1 aromatic rings. The number of amides is 1. The van der Waals surface area contributed by atoms with Crippen LogP contribution in [0.5, 0.6) is 0 Å². The molecule has 0 aliphatic rings. The summed E-state index contributed by atoms with van der Waals surface area (Å²) in [5.41, 5.74) is 6.54. The molecule has 1 rings (SSSR count). The normalized spacial score (nSPS) is 13.6. The lowest BCUT2D eigenvalue weighted by atomic mass is 10.1. The standard InChI is InChI=1S/C14H21N3O3/c1-3-5-12(15)9-14(18)16-10(2)11-6-4-7-13(8-11)17(19)20/h4,6-8,10,12H,3,5,9,15H2,1-2H3,(H,16,18). The molecule has 6 nitrogen and oxygen atoms in total. The number of non-ortho nitro benzene ring substituents is 1. The number of hydrogen-bond acceptors (Lipinski definition) is 4. The van der Waals surface area contributed by atoms with Gasteiger partial charge in [-0.3, -0.25) is 14.9 Å². The second-order valence-electron chi connectivity index (χ2n) is 4.89. The summed E-state index contributed by atoms with van der Waals surface area (Å²) in [6.07, 6.45) is 2.01. The SMILES string of the molecule is CCCC(N)CC(=O)NC(C)c1cccc([N+](=O)[O-])c1. The molecule has 0 fully saturated rings. The fourth-order valence-corrected chi connectivity index (χ4v) is 2.00. The molecule has 0 saturated heterocycles. The van der Waals surface area contributed by atoms with Crippen molar-refractivity contribution < 1.29 is 9.72 Å². The van der Waals surface area contributed by atoms with Crippen LogP contribution in [0.15, 0.2) is 24.3 Å². The minimum absolute atomic E-state index is 0.0197. The van der Waals surface area contributed by atoms with Crippen LogP contribution in [0.3, 0.4) is 0 Å². The lowest BCUT2D eigenvalue weighted by Crippen LogP contribution is -2.33. The molecule has 2 atom stereocenters. The molecule has 0 aliphatic heterocycles. The molecular weight excluding hydrogens is 258 g/mol. The average molecular weight is 279 g/mol. The number of nitrogens with zero attached hydrogens (tertiary/aromatic N) is 1. The summed E-state index contributed by atoms with van der Waals surface area (Å²) in [7, 11) is 0. The Morgan fingerprint density at radius 2 is 2.20 bits per heavy atom. The van der Waals surface area contributed by atoms with Gasteiger partial charge in [-0.05, 0) is 18.9 Å². The first-order valence-electron chi connectivity index (χ1n) is 6.73. The molecule has 20 heavy (non-hydrogen) atoms. The van der Waals surface area contributed by atoms with E-state index in [1.807, 2.05) is 6.92 Å². The van der Waals surface area contributed by atoms with Crippen molar-refractivity contribution in [3.05, 3.63) is 39.9 Å². The van der Waals surface area contributed by atoms with E-state index < -0.39 is 4.92 Å². The lowest BCUT2D eigenvalue weighted by molar-refractivity contribution is -0.384. The van der Waals surface area contributed by atoms with Crippen LogP contribution in [0.25, 0.3) is 0 Å². The van der Waals surface area contributed by atoms with E-state index in [1.54, 1.807) is 19.1 Å². The summed E-state index contributed by atoms with van der Waals surface area (Å²) in [5, 5.41) is 13.5. The molecule has 0 heterocycles. The quantitative estimate of drug-likeness (QED) is 0.591. The number of hydrogen-bond donors (Lipinski definition) is 2. The highest BCUT2D eigenvalue weighted by molar-refractivity contribution is 5.77. The van der Waals surface area contributed by atoms with Gasteiger partial charge in [0.15, 0.2) is 0 Å². The smallest absolute Gasteiger partial charge is 0.269 e. The van der Waals surface area contributed by atoms with E-state index in [1.165, 1.54) is 12.1 Å². The Labute approximate surface area is 118 Å². The van der Waals surface area contributed by atoms with Gasteiger partial charge in [0.1, 0.15) is 0 Å². The van der Waals surface area contributed by atoms with E-state index in [0.717, 1.165) is 12.8 Å². The van der Waals surface area contributed by atoms with E-state index in [9.17, 15) is 14.9 Å². The average Bonchev–Trinajstić information content (AvgIpc) is 2.38. The van der Waals surface area contributed by atoms with Gasteiger partial charge in [-0.15, -0.1) is 0 Å². The van der Waals surface area contributed by atoms with E-state index in [4.69, 9.17) is 5.73 Å². The number of carbonyl (C=O) groups excluding carboxylic acids is 1. The summed E-state index contributed by atoms with van der Waals surface area (Å²) in [4.78, 5) is 22.1. The summed E-state index contributed by atoms with van der Waals surface area (Å²) in [6.45, 7) is 3.81. The maximum absolute atomic E-state index is 11.8.